The van der Waals surface area contributed by atoms with Gasteiger partial charge >= 0.3 is 0 Å². The predicted octanol–water partition coefficient (Wildman–Crippen LogP) is 5.24. The van der Waals surface area contributed by atoms with Crippen molar-refractivity contribution in [2.24, 2.45) is 5.92 Å². The number of benzene rings is 3. The fraction of sp³-hybridized carbons (Fsp3) is 0.206. The smallest absolute Gasteiger partial charge is 0.296 e. The lowest BCUT2D eigenvalue weighted by Crippen LogP contribution is -2.28. The zero-order chi connectivity index (χ0) is 29.9. The molecule has 0 aliphatic heterocycles. The van der Waals surface area contributed by atoms with E-state index in [1.807, 2.05) is 92.0 Å². The van der Waals surface area contributed by atoms with Gasteiger partial charge in [-0.05, 0) is 67.3 Å². The highest BCUT2D eigenvalue weighted by molar-refractivity contribution is 7.15. The van der Waals surface area contributed by atoms with Crippen LogP contribution in [0.2, 0.25) is 0 Å². The van der Waals surface area contributed by atoms with Crippen LogP contribution in [0.4, 0.5) is 0 Å². The van der Waals surface area contributed by atoms with Crippen molar-refractivity contribution in [2.45, 2.75) is 33.6 Å². The Morgan fingerprint density at radius 2 is 1.67 bits per heavy atom. The third kappa shape index (κ3) is 6.32. The van der Waals surface area contributed by atoms with Gasteiger partial charge in [0.25, 0.3) is 11.1 Å². The molecule has 3 aromatic heterocycles. The molecule has 43 heavy (non-hydrogen) atoms. The Morgan fingerprint density at radius 3 is 2.40 bits per heavy atom. The maximum Gasteiger partial charge on any atom is 0.296 e. The first-order chi connectivity index (χ1) is 20.8. The lowest BCUT2D eigenvalue weighted by Gasteiger charge is -2.08. The van der Waals surface area contributed by atoms with Crippen molar-refractivity contribution in [3.63, 3.8) is 0 Å². The first kappa shape index (κ1) is 28.2. The molecule has 0 saturated heterocycles. The Morgan fingerprint density at radius 1 is 0.930 bits per heavy atom. The number of para-hydroxylation sites is 1. The number of thiazole rings is 1. The number of rotatable bonds is 9. The van der Waals surface area contributed by atoms with Crippen molar-refractivity contribution in [2.75, 3.05) is 6.61 Å². The van der Waals surface area contributed by atoms with Gasteiger partial charge in [0.2, 0.25) is 4.96 Å². The molecule has 3 heterocycles. The van der Waals surface area contributed by atoms with E-state index in [2.05, 4.69) is 23.9 Å². The summed E-state index contributed by atoms with van der Waals surface area (Å²) in [7, 11) is 0. The molecule has 9 heteroatoms. The van der Waals surface area contributed by atoms with Gasteiger partial charge in [-0.2, -0.15) is 19.7 Å². The fourth-order valence-electron chi connectivity index (χ4n) is 4.64. The molecule has 216 valence electrons. The average Bonchev–Trinajstić information content (AvgIpc) is 3.56. The van der Waals surface area contributed by atoms with Crippen LogP contribution >= 0.6 is 11.3 Å². The average molecular weight is 590 g/mol. The van der Waals surface area contributed by atoms with Crippen molar-refractivity contribution in [3.05, 3.63) is 133 Å². The molecule has 0 bridgehead atoms. The van der Waals surface area contributed by atoms with Crippen molar-refractivity contribution < 1.29 is 4.74 Å². The Labute approximate surface area is 252 Å². The highest BCUT2D eigenvalue weighted by Crippen LogP contribution is 2.26. The lowest BCUT2D eigenvalue weighted by atomic mass is 10.1. The van der Waals surface area contributed by atoms with Crippen molar-refractivity contribution >= 4 is 22.4 Å². The van der Waals surface area contributed by atoms with Crippen LogP contribution in [0.15, 0.2) is 94.6 Å². The van der Waals surface area contributed by atoms with Crippen LogP contribution in [0.1, 0.15) is 42.7 Å². The second-order valence-electron chi connectivity index (χ2n) is 10.9. The molecule has 0 spiro atoms. The molecule has 6 rings (SSSR count). The van der Waals surface area contributed by atoms with Crippen LogP contribution < -0.4 is 20.4 Å². The topological polar surface area (TPSA) is 91.4 Å². The van der Waals surface area contributed by atoms with E-state index in [-0.39, 0.29) is 16.2 Å². The van der Waals surface area contributed by atoms with Gasteiger partial charge in [0, 0.05) is 23.7 Å². The second-order valence-corrected chi connectivity index (χ2v) is 11.9. The quantitative estimate of drug-likeness (QED) is 0.229. The van der Waals surface area contributed by atoms with Crippen LogP contribution in [0.5, 0.6) is 5.75 Å². The van der Waals surface area contributed by atoms with E-state index in [1.54, 1.807) is 10.8 Å². The summed E-state index contributed by atoms with van der Waals surface area (Å²) in [6, 6.07) is 25.5. The molecule has 0 amide bonds. The zero-order valence-corrected chi connectivity index (χ0v) is 25.0. The first-order valence-corrected chi connectivity index (χ1v) is 15.0. The first-order valence-electron chi connectivity index (χ1n) is 14.2. The Bertz CT molecular complexity index is 2040. The monoisotopic (exact) mass is 589 g/mol. The number of ether oxygens (including phenoxy) is 1. The Balaban J connectivity index is 1.40. The summed E-state index contributed by atoms with van der Waals surface area (Å²) in [4.78, 5) is 30.8. The molecule has 0 atom stereocenters. The summed E-state index contributed by atoms with van der Waals surface area (Å²) in [6.45, 7) is 7.01. The van der Waals surface area contributed by atoms with E-state index >= 15 is 0 Å². The van der Waals surface area contributed by atoms with Crippen molar-refractivity contribution in [1.29, 1.82) is 0 Å². The van der Waals surface area contributed by atoms with Gasteiger partial charge in [-0.25, -0.2) is 4.68 Å². The van der Waals surface area contributed by atoms with Crippen LogP contribution in [0.3, 0.4) is 0 Å². The van der Waals surface area contributed by atoms with Crippen LogP contribution in [0, 0.1) is 12.8 Å². The van der Waals surface area contributed by atoms with Gasteiger partial charge in [-0.3, -0.25) is 9.59 Å². The number of aryl methyl sites for hydroxylation is 1. The maximum absolute atomic E-state index is 13.5. The molecule has 6 aromatic rings. The van der Waals surface area contributed by atoms with E-state index in [4.69, 9.17) is 9.84 Å². The van der Waals surface area contributed by atoms with E-state index < -0.39 is 5.56 Å². The molecule has 0 aliphatic rings. The van der Waals surface area contributed by atoms with Crippen LogP contribution in [0.25, 0.3) is 28.0 Å². The minimum Gasteiger partial charge on any atom is -0.494 e. The highest BCUT2D eigenvalue weighted by Gasteiger charge is 2.15. The molecule has 8 nitrogen and oxygen atoms in total. The number of hydrogen-bond acceptors (Lipinski definition) is 7. The molecule has 3 aromatic carbocycles. The molecule has 0 unspecified atom stereocenters. The summed E-state index contributed by atoms with van der Waals surface area (Å²) in [5.41, 5.74) is 4.78. The van der Waals surface area contributed by atoms with Gasteiger partial charge < -0.3 is 4.74 Å². The van der Waals surface area contributed by atoms with Gasteiger partial charge in [-0.15, -0.1) is 0 Å². The molecular weight excluding hydrogens is 558 g/mol. The largest absolute Gasteiger partial charge is 0.494 e. The lowest BCUT2D eigenvalue weighted by molar-refractivity contribution is 0.289. The van der Waals surface area contributed by atoms with Gasteiger partial charge in [0.05, 0.1) is 16.8 Å². The minimum absolute atomic E-state index is 0.232. The number of fused-ring (bicyclic) bond motifs is 1. The summed E-state index contributed by atoms with van der Waals surface area (Å²) in [5.74, 6) is 1.37. The molecular formula is C34H31N5O3S. The maximum atomic E-state index is 13.5. The molecule has 0 N–H and O–H groups in total. The minimum atomic E-state index is -0.429. The van der Waals surface area contributed by atoms with E-state index in [0.29, 0.717) is 29.2 Å². The SMILES string of the molecule is Cc1ccc(Cc2nn3c(=O)c(=Cc4cn(-c5ccccc5)nc4-c4ccc(OCCC(C)C)cc4)sc3nc2=O)cc1. The molecule has 0 aliphatic carbocycles. The highest BCUT2D eigenvalue weighted by atomic mass is 32.1. The van der Waals surface area contributed by atoms with Crippen molar-refractivity contribution in [1.82, 2.24) is 24.4 Å². The Kier molecular flexibility index (Phi) is 7.98. The molecule has 0 saturated carbocycles. The summed E-state index contributed by atoms with van der Waals surface area (Å²) < 4.78 is 9.34. The van der Waals surface area contributed by atoms with Crippen molar-refractivity contribution in [3.8, 4) is 22.7 Å². The summed E-state index contributed by atoms with van der Waals surface area (Å²) in [6.07, 6.45) is 4.98. The third-order valence-corrected chi connectivity index (χ3v) is 8.04. The zero-order valence-electron chi connectivity index (χ0n) is 24.2. The Hall–Kier alpha value is -4.89. The second kappa shape index (κ2) is 12.1. The number of aromatic nitrogens is 5. The standard InChI is InChI=1S/C34H31N5O3S/c1-22(2)17-18-42-28-15-13-25(14-16-28)31-26(21-38(37-31)27-7-5-4-6-8-27)20-30-33(41)39-34(43-30)35-32(40)29(36-39)19-24-11-9-23(3)10-12-24/h4-16,20-22H,17-19H2,1-3H3. The van der Waals surface area contributed by atoms with Gasteiger partial charge in [0.15, 0.2) is 0 Å². The van der Waals surface area contributed by atoms with Gasteiger partial charge in [0.1, 0.15) is 17.1 Å². The molecule has 0 radical (unpaired) electrons. The van der Waals surface area contributed by atoms with E-state index in [0.717, 1.165) is 51.4 Å². The normalized spacial score (nSPS) is 12.0. The molecule has 0 fully saturated rings. The summed E-state index contributed by atoms with van der Waals surface area (Å²) in [5, 5.41) is 9.30. The number of nitrogens with zero attached hydrogens (tertiary/aromatic N) is 5. The third-order valence-electron chi connectivity index (χ3n) is 7.08. The number of hydrogen-bond donors (Lipinski definition) is 0. The summed E-state index contributed by atoms with van der Waals surface area (Å²) >= 11 is 1.14. The van der Waals surface area contributed by atoms with Crippen LogP contribution in [-0.2, 0) is 6.42 Å². The van der Waals surface area contributed by atoms with E-state index in [1.165, 1.54) is 4.52 Å². The van der Waals surface area contributed by atoms with E-state index in [9.17, 15) is 9.59 Å². The predicted molar refractivity (Wildman–Crippen MR) is 170 cm³/mol. The van der Waals surface area contributed by atoms with Gasteiger partial charge in [-0.1, -0.05) is 73.2 Å². The fourth-order valence-corrected chi connectivity index (χ4v) is 5.54. The van der Waals surface area contributed by atoms with Crippen LogP contribution in [-0.4, -0.2) is 31.0 Å².